The molecule has 2 heterocycles. The second kappa shape index (κ2) is 5.67. The first-order valence-corrected chi connectivity index (χ1v) is 6.67. The third-order valence-corrected chi connectivity index (χ3v) is 3.44. The number of aryl methyl sites for hydroxylation is 1. The van der Waals surface area contributed by atoms with Crippen molar-refractivity contribution in [1.82, 2.24) is 20.4 Å². The summed E-state index contributed by atoms with van der Waals surface area (Å²) in [5.74, 6) is 0.220. The van der Waals surface area contributed by atoms with Crippen molar-refractivity contribution < 1.29 is 4.79 Å². The molecule has 1 aromatic heterocycles. The Morgan fingerprint density at radius 1 is 1.72 bits per heavy atom. The highest BCUT2D eigenvalue weighted by Crippen LogP contribution is 2.27. The van der Waals surface area contributed by atoms with Gasteiger partial charge in [-0.25, -0.2) is 0 Å². The van der Waals surface area contributed by atoms with E-state index < -0.39 is 0 Å². The lowest BCUT2D eigenvalue weighted by atomic mass is 9.90. The minimum atomic E-state index is -0.0407. The molecule has 2 atom stereocenters. The second-order valence-electron chi connectivity index (χ2n) is 4.55. The lowest BCUT2D eigenvalue weighted by Crippen LogP contribution is -2.34. The lowest BCUT2D eigenvalue weighted by molar-refractivity contribution is -0.124. The second-order valence-corrected chi connectivity index (χ2v) is 5.68. The summed E-state index contributed by atoms with van der Waals surface area (Å²) in [6.07, 6.45) is 3.81. The molecule has 5 nitrogen and oxygen atoms in total. The fourth-order valence-corrected chi connectivity index (χ4v) is 2.39. The van der Waals surface area contributed by atoms with E-state index in [0.717, 1.165) is 16.6 Å². The van der Waals surface area contributed by atoms with Crippen LogP contribution < -0.4 is 10.6 Å². The Bertz CT molecular complexity index is 457. The van der Waals surface area contributed by atoms with Crippen molar-refractivity contribution in [3.05, 3.63) is 29.0 Å². The van der Waals surface area contributed by atoms with E-state index in [0.29, 0.717) is 13.1 Å². The number of aromatic nitrogens is 2. The van der Waals surface area contributed by atoms with Crippen LogP contribution in [0.3, 0.4) is 0 Å². The quantitative estimate of drug-likeness (QED) is 0.862. The Morgan fingerprint density at radius 3 is 3.11 bits per heavy atom. The van der Waals surface area contributed by atoms with Gasteiger partial charge in [0.2, 0.25) is 5.91 Å². The number of hydrogen-bond donors (Lipinski definition) is 2. The normalized spacial score (nSPS) is 23.0. The maximum atomic E-state index is 12.1. The average Bonchev–Trinajstić information content (AvgIpc) is 2.93. The molecule has 1 aliphatic rings. The molecule has 1 fully saturated rings. The number of amides is 1. The van der Waals surface area contributed by atoms with Gasteiger partial charge in [0, 0.05) is 43.3 Å². The van der Waals surface area contributed by atoms with Gasteiger partial charge in [-0.2, -0.15) is 5.10 Å². The molecule has 0 spiro atoms. The predicted octanol–water partition coefficient (Wildman–Crippen LogP) is 0.748. The SMILES string of the molecule is C=C(Br)CNC(=O)[C@H]1CNC[C@@H]1c1cnn(C)c1. The van der Waals surface area contributed by atoms with Crippen molar-refractivity contribution in [2.75, 3.05) is 19.6 Å². The highest BCUT2D eigenvalue weighted by Gasteiger charge is 2.34. The third kappa shape index (κ3) is 3.00. The van der Waals surface area contributed by atoms with Gasteiger partial charge in [0.25, 0.3) is 0 Å². The van der Waals surface area contributed by atoms with Gasteiger partial charge < -0.3 is 10.6 Å². The molecule has 1 aromatic rings. The van der Waals surface area contributed by atoms with E-state index in [1.165, 1.54) is 0 Å². The minimum absolute atomic E-state index is 0.0407. The van der Waals surface area contributed by atoms with Crippen LogP contribution in [0, 0.1) is 5.92 Å². The molecule has 0 radical (unpaired) electrons. The molecule has 1 aliphatic heterocycles. The van der Waals surface area contributed by atoms with Crippen molar-refractivity contribution in [1.29, 1.82) is 0 Å². The average molecular weight is 313 g/mol. The third-order valence-electron chi connectivity index (χ3n) is 3.16. The van der Waals surface area contributed by atoms with Crippen LogP contribution in [0.1, 0.15) is 11.5 Å². The van der Waals surface area contributed by atoms with Crippen molar-refractivity contribution in [2.24, 2.45) is 13.0 Å². The molecular weight excluding hydrogens is 296 g/mol. The summed E-state index contributed by atoms with van der Waals surface area (Å²) in [5.41, 5.74) is 1.11. The Morgan fingerprint density at radius 2 is 2.50 bits per heavy atom. The highest BCUT2D eigenvalue weighted by atomic mass is 79.9. The summed E-state index contributed by atoms with van der Waals surface area (Å²) in [5, 5.41) is 10.3. The molecule has 0 saturated carbocycles. The van der Waals surface area contributed by atoms with Crippen LogP contribution in [0.5, 0.6) is 0 Å². The maximum Gasteiger partial charge on any atom is 0.225 e. The van der Waals surface area contributed by atoms with E-state index in [-0.39, 0.29) is 17.7 Å². The van der Waals surface area contributed by atoms with Crippen molar-refractivity contribution in [3.63, 3.8) is 0 Å². The Hall–Kier alpha value is -1.14. The first-order valence-electron chi connectivity index (χ1n) is 5.88. The zero-order valence-corrected chi connectivity index (χ0v) is 11.9. The van der Waals surface area contributed by atoms with Gasteiger partial charge in [-0.05, 0) is 5.56 Å². The molecule has 6 heteroatoms. The first kappa shape index (κ1) is 13.3. The maximum absolute atomic E-state index is 12.1. The zero-order valence-electron chi connectivity index (χ0n) is 10.3. The van der Waals surface area contributed by atoms with Crippen LogP contribution in [0.25, 0.3) is 0 Å². The van der Waals surface area contributed by atoms with E-state index in [1.54, 1.807) is 4.68 Å². The summed E-state index contributed by atoms with van der Waals surface area (Å²) in [4.78, 5) is 12.1. The number of rotatable bonds is 4. The van der Waals surface area contributed by atoms with Crippen molar-refractivity contribution in [2.45, 2.75) is 5.92 Å². The molecular formula is C12H17BrN4O. The predicted molar refractivity (Wildman–Crippen MR) is 73.4 cm³/mol. The Kier molecular flexibility index (Phi) is 4.19. The standard InChI is InChI=1S/C12H17BrN4O/c1-8(13)3-15-12(18)11-6-14-5-10(11)9-4-16-17(2)7-9/h4,7,10-11,14H,1,3,5-6H2,2H3,(H,15,18)/t10-,11+/m1/s1. The fourth-order valence-electron chi connectivity index (χ4n) is 2.25. The molecule has 0 unspecified atom stereocenters. The van der Waals surface area contributed by atoms with E-state index in [9.17, 15) is 4.79 Å². The number of nitrogens with zero attached hydrogens (tertiary/aromatic N) is 2. The number of halogens is 1. The van der Waals surface area contributed by atoms with E-state index in [1.807, 2.05) is 19.4 Å². The molecule has 0 aromatic carbocycles. The van der Waals surface area contributed by atoms with Gasteiger partial charge >= 0.3 is 0 Å². The fraction of sp³-hybridized carbons (Fsp3) is 0.500. The van der Waals surface area contributed by atoms with Crippen LogP contribution in [0.2, 0.25) is 0 Å². The van der Waals surface area contributed by atoms with Gasteiger partial charge in [0.15, 0.2) is 0 Å². The Labute approximate surface area is 115 Å². The van der Waals surface area contributed by atoms with E-state index in [2.05, 4.69) is 38.2 Å². The van der Waals surface area contributed by atoms with E-state index >= 15 is 0 Å². The number of hydrogen-bond acceptors (Lipinski definition) is 3. The number of carbonyl (C=O) groups is 1. The highest BCUT2D eigenvalue weighted by molar-refractivity contribution is 9.11. The molecule has 0 bridgehead atoms. The molecule has 1 saturated heterocycles. The monoisotopic (exact) mass is 312 g/mol. The van der Waals surface area contributed by atoms with Crippen LogP contribution in [-0.4, -0.2) is 35.3 Å². The molecule has 2 N–H and O–H groups in total. The molecule has 2 rings (SSSR count). The molecule has 18 heavy (non-hydrogen) atoms. The summed E-state index contributed by atoms with van der Waals surface area (Å²) in [6, 6.07) is 0. The van der Waals surface area contributed by atoms with Crippen LogP contribution in [0.15, 0.2) is 23.5 Å². The number of carbonyl (C=O) groups excluding carboxylic acids is 1. The Balaban J connectivity index is 2.03. The summed E-state index contributed by atoms with van der Waals surface area (Å²) >= 11 is 3.24. The van der Waals surface area contributed by atoms with Gasteiger partial charge in [-0.1, -0.05) is 22.5 Å². The van der Waals surface area contributed by atoms with E-state index in [4.69, 9.17) is 0 Å². The largest absolute Gasteiger partial charge is 0.351 e. The van der Waals surface area contributed by atoms with Gasteiger partial charge in [0.1, 0.15) is 0 Å². The van der Waals surface area contributed by atoms with Gasteiger partial charge in [0.05, 0.1) is 12.1 Å². The minimum Gasteiger partial charge on any atom is -0.351 e. The summed E-state index contributed by atoms with van der Waals surface area (Å²) in [6.45, 7) is 5.70. The van der Waals surface area contributed by atoms with Crippen LogP contribution in [-0.2, 0) is 11.8 Å². The molecule has 0 aliphatic carbocycles. The number of nitrogens with one attached hydrogen (secondary N) is 2. The van der Waals surface area contributed by atoms with Crippen LogP contribution in [0.4, 0.5) is 0 Å². The zero-order chi connectivity index (χ0) is 13.1. The van der Waals surface area contributed by atoms with Crippen molar-refractivity contribution >= 4 is 21.8 Å². The summed E-state index contributed by atoms with van der Waals surface area (Å²) in [7, 11) is 1.88. The topological polar surface area (TPSA) is 59.0 Å². The van der Waals surface area contributed by atoms with Gasteiger partial charge in [-0.15, -0.1) is 0 Å². The van der Waals surface area contributed by atoms with Crippen LogP contribution >= 0.6 is 15.9 Å². The smallest absolute Gasteiger partial charge is 0.225 e. The first-order chi connectivity index (χ1) is 8.58. The van der Waals surface area contributed by atoms with Gasteiger partial charge in [-0.3, -0.25) is 9.48 Å². The molecule has 1 amide bonds. The molecule has 98 valence electrons. The summed E-state index contributed by atoms with van der Waals surface area (Å²) < 4.78 is 2.54. The lowest BCUT2D eigenvalue weighted by Gasteiger charge is -2.16. The van der Waals surface area contributed by atoms with Crippen molar-refractivity contribution in [3.8, 4) is 0 Å².